The SMILES string of the molecule is N#Cc1ccc(-c2ccc(OC(=O)Cc3cnn(-c4ccccc4)c3)cc2)cc1. The van der Waals surface area contributed by atoms with E-state index in [0.29, 0.717) is 11.3 Å². The Morgan fingerprint density at radius 3 is 2.24 bits per heavy atom. The van der Waals surface area contributed by atoms with Crippen molar-refractivity contribution < 1.29 is 9.53 Å². The fourth-order valence-corrected chi connectivity index (χ4v) is 2.96. The van der Waals surface area contributed by atoms with Gasteiger partial charge in [-0.1, -0.05) is 42.5 Å². The Kier molecular flexibility index (Phi) is 5.17. The lowest BCUT2D eigenvalue weighted by atomic mass is 10.0. The standard InChI is InChI=1S/C24H17N3O2/c25-15-18-6-8-20(9-7-18)21-10-12-23(13-11-21)29-24(28)14-19-16-26-27(17-19)22-4-2-1-3-5-22/h1-13,16-17H,14H2. The van der Waals surface area contributed by atoms with Crippen molar-refractivity contribution in [2.24, 2.45) is 0 Å². The molecular formula is C24H17N3O2. The van der Waals surface area contributed by atoms with Gasteiger partial charge in [-0.2, -0.15) is 10.4 Å². The van der Waals surface area contributed by atoms with Gasteiger partial charge in [0, 0.05) is 11.8 Å². The Labute approximate surface area is 168 Å². The van der Waals surface area contributed by atoms with E-state index in [4.69, 9.17) is 10.00 Å². The third-order valence-corrected chi connectivity index (χ3v) is 4.44. The number of nitriles is 1. The van der Waals surface area contributed by atoms with Crippen molar-refractivity contribution in [3.8, 4) is 28.6 Å². The van der Waals surface area contributed by atoms with Crippen molar-refractivity contribution >= 4 is 5.97 Å². The molecule has 140 valence electrons. The number of ether oxygens (including phenoxy) is 1. The Bertz CT molecular complexity index is 1160. The van der Waals surface area contributed by atoms with Crippen molar-refractivity contribution in [3.63, 3.8) is 0 Å². The van der Waals surface area contributed by atoms with Crippen LogP contribution in [0.4, 0.5) is 0 Å². The highest BCUT2D eigenvalue weighted by Crippen LogP contribution is 2.23. The van der Waals surface area contributed by atoms with Gasteiger partial charge in [-0.25, -0.2) is 4.68 Å². The number of hydrogen-bond acceptors (Lipinski definition) is 4. The highest BCUT2D eigenvalue weighted by Gasteiger charge is 2.09. The summed E-state index contributed by atoms with van der Waals surface area (Å²) in [6, 6.07) is 26.5. The quantitative estimate of drug-likeness (QED) is 0.377. The maximum absolute atomic E-state index is 12.3. The van der Waals surface area contributed by atoms with E-state index >= 15 is 0 Å². The number of para-hydroxylation sites is 1. The molecule has 0 aliphatic rings. The zero-order valence-corrected chi connectivity index (χ0v) is 15.5. The second-order valence-electron chi connectivity index (χ2n) is 6.49. The van der Waals surface area contributed by atoms with Crippen LogP contribution in [0.25, 0.3) is 16.8 Å². The number of aromatic nitrogens is 2. The molecule has 1 aromatic heterocycles. The number of hydrogen-bond donors (Lipinski definition) is 0. The lowest BCUT2D eigenvalue weighted by Gasteiger charge is -2.06. The molecule has 0 fully saturated rings. The van der Waals surface area contributed by atoms with Gasteiger partial charge in [0.15, 0.2) is 0 Å². The topological polar surface area (TPSA) is 67.9 Å². The molecule has 0 unspecified atom stereocenters. The summed E-state index contributed by atoms with van der Waals surface area (Å²) in [6.45, 7) is 0. The fraction of sp³-hybridized carbons (Fsp3) is 0.0417. The van der Waals surface area contributed by atoms with E-state index in [0.717, 1.165) is 22.4 Å². The minimum Gasteiger partial charge on any atom is -0.426 e. The van der Waals surface area contributed by atoms with Gasteiger partial charge in [-0.3, -0.25) is 4.79 Å². The van der Waals surface area contributed by atoms with Crippen LogP contribution in [0.15, 0.2) is 91.3 Å². The average molecular weight is 379 g/mol. The number of nitrogens with zero attached hydrogens (tertiary/aromatic N) is 3. The summed E-state index contributed by atoms with van der Waals surface area (Å²) in [5, 5.41) is 13.2. The lowest BCUT2D eigenvalue weighted by molar-refractivity contribution is -0.133. The Hall–Kier alpha value is -4.17. The summed E-state index contributed by atoms with van der Waals surface area (Å²) in [7, 11) is 0. The molecule has 0 saturated heterocycles. The van der Waals surface area contributed by atoms with Gasteiger partial charge in [0.25, 0.3) is 0 Å². The monoisotopic (exact) mass is 379 g/mol. The number of carbonyl (C=O) groups is 1. The first kappa shape index (κ1) is 18.2. The van der Waals surface area contributed by atoms with Crippen molar-refractivity contribution in [2.75, 3.05) is 0 Å². The van der Waals surface area contributed by atoms with E-state index in [9.17, 15) is 4.79 Å². The molecule has 3 aromatic carbocycles. The van der Waals surface area contributed by atoms with Gasteiger partial charge in [0.1, 0.15) is 5.75 Å². The predicted octanol–water partition coefficient (Wildman–Crippen LogP) is 4.56. The fourth-order valence-electron chi connectivity index (χ4n) is 2.96. The summed E-state index contributed by atoms with van der Waals surface area (Å²) in [4.78, 5) is 12.3. The van der Waals surface area contributed by atoms with Crippen molar-refractivity contribution in [2.45, 2.75) is 6.42 Å². The molecule has 0 bridgehead atoms. The average Bonchev–Trinajstić information content (AvgIpc) is 3.23. The molecule has 0 radical (unpaired) electrons. The molecular weight excluding hydrogens is 362 g/mol. The lowest BCUT2D eigenvalue weighted by Crippen LogP contribution is -2.10. The summed E-state index contributed by atoms with van der Waals surface area (Å²) < 4.78 is 7.17. The smallest absolute Gasteiger partial charge is 0.315 e. The maximum atomic E-state index is 12.3. The van der Waals surface area contributed by atoms with E-state index in [1.165, 1.54) is 0 Å². The molecule has 5 heteroatoms. The predicted molar refractivity (Wildman–Crippen MR) is 109 cm³/mol. The zero-order chi connectivity index (χ0) is 20.1. The minimum absolute atomic E-state index is 0.143. The number of rotatable bonds is 5. The van der Waals surface area contributed by atoms with Crippen LogP contribution in [-0.4, -0.2) is 15.7 Å². The molecule has 0 aliphatic carbocycles. The van der Waals surface area contributed by atoms with E-state index in [-0.39, 0.29) is 12.4 Å². The number of carbonyl (C=O) groups excluding carboxylic acids is 1. The van der Waals surface area contributed by atoms with Gasteiger partial charge in [0.05, 0.1) is 29.9 Å². The first-order chi connectivity index (χ1) is 14.2. The van der Waals surface area contributed by atoms with E-state index in [2.05, 4.69) is 11.2 Å². The summed E-state index contributed by atoms with van der Waals surface area (Å²) in [6.07, 6.45) is 3.64. The number of benzene rings is 3. The van der Waals surface area contributed by atoms with Crippen LogP contribution in [-0.2, 0) is 11.2 Å². The van der Waals surface area contributed by atoms with Crippen LogP contribution in [0.1, 0.15) is 11.1 Å². The van der Waals surface area contributed by atoms with Gasteiger partial charge < -0.3 is 4.74 Å². The first-order valence-corrected chi connectivity index (χ1v) is 9.11. The molecule has 0 saturated carbocycles. The molecule has 0 aliphatic heterocycles. The normalized spacial score (nSPS) is 10.3. The van der Waals surface area contributed by atoms with Crippen LogP contribution in [0.3, 0.4) is 0 Å². The second kappa shape index (κ2) is 8.24. The van der Waals surface area contributed by atoms with Crippen LogP contribution >= 0.6 is 0 Å². The van der Waals surface area contributed by atoms with E-state index in [1.807, 2.05) is 60.8 Å². The van der Waals surface area contributed by atoms with Crippen LogP contribution in [0.5, 0.6) is 5.75 Å². The third-order valence-electron chi connectivity index (χ3n) is 4.44. The summed E-state index contributed by atoms with van der Waals surface area (Å²) >= 11 is 0. The van der Waals surface area contributed by atoms with Crippen LogP contribution in [0, 0.1) is 11.3 Å². The Morgan fingerprint density at radius 1 is 0.931 bits per heavy atom. The van der Waals surface area contributed by atoms with Crippen LogP contribution < -0.4 is 4.74 Å². The zero-order valence-electron chi connectivity index (χ0n) is 15.5. The first-order valence-electron chi connectivity index (χ1n) is 9.11. The molecule has 0 N–H and O–H groups in total. The summed E-state index contributed by atoms with van der Waals surface area (Å²) in [5.41, 5.74) is 4.32. The van der Waals surface area contributed by atoms with Crippen molar-refractivity contribution in [1.82, 2.24) is 9.78 Å². The third kappa shape index (κ3) is 4.40. The molecule has 4 aromatic rings. The Morgan fingerprint density at radius 2 is 1.59 bits per heavy atom. The molecule has 0 atom stereocenters. The number of esters is 1. The van der Waals surface area contributed by atoms with Gasteiger partial charge in [0.2, 0.25) is 0 Å². The molecule has 29 heavy (non-hydrogen) atoms. The van der Waals surface area contributed by atoms with E-state index in [1.54, 1.807) is 35.1 Å². The maximum Gasteiger partial charge on any atom is 0.315 e. The van der Waals surface area contributed by atoms with Crippen LogP contribution in [0.2, 0.25) is 0 Å². The Balaban J connectivity index is 1.38. The largest absolute Gasteiger partial charge is 0.426 e. The van der Waals surface area contributed by atoms with Crippen molar-refractivity contribution in [3.05, 3.63) is 102 Å². The van der Waals surface area contributed by atoms with Gasteiger partial charge in [-0.05, 0) is 47.5 Å². The van der Waals surface area contributed by atoms with Crippen molar-refractivity contribution in [1.29, 1.82) is 5.26 Å². The molecule has 4 rings (SSSR count). The minimum atomic E-state index is -0.344. The van der Waals surface area contributed by atoms with Gasteiger partial charge in [-0.15, -0.1) is 0 Å². The van der Waals surface area contributed by atoms with Gasteiger partial charge >= 0.3 is 5.97 Å². The molecule has 1 heterocycles. The summed E-state index contributed by atoms with van der Waals surface area (Å²) in [5.74, 6) is 0.145. The second-order valence-corrected chi connectivity index (χ2v) is 6.49. The molecule has 0 amide bonds. The molecule has 0 spiro atoms. The molecule has 5 nitrogen and oxygen atoms in total. The highest BCUT2D eigenvalue weighted by molar-refractivity contribution is 5.75. The van der Waals surface area contributed by atoms with E-state index < -0.39 is 0 Å². The highest BCUT2D eigenvalue weighted by atomic mass is 16.5.